The number of hydrogen-bond acceptors (Lipinski definition) is 18. The lowest BCUT2D eigenvalue weighted by atomic mass is 9.90. The maximum absolute atomic E-state index is 6.22. The number of rotatable bonds is 14. The standard InChI is InChI=1S/C25H27ClN6S.C25H27N5OS.C23H25ClN6S/c1-3-32-8-6-16(7-9-32)17-10-21(15(2)27-13-17)30-25-28-14-18-11-23(33)29-22-12-19(26)4-5-20(22)24(18)31-25;1-15-3-5-20-22(11-15)28-23(32)13-18-14-26-25(30-24(18)20)29-21-6-4-19(27-16(21)2)12-17-7-9-31-10-8-17;1-14-19(9-7-17(26-14)5-4-10-30(2)3)28-23-25-13-15-11-21(31)27-20-12-16(24)6-8-18(20)22(15)29-23/h4-5,10,12-14,16H,3,6-9,11H2,1-2H3,(H,29,33)(H,28,30,31);3-6,11,14,17H,7-10,12-13H2,1-2H3,(H,28,32)(H,26,29,30);6-9,12-13H,4-5,10-11H2,1-3H3,(H,27,31)(H,25,28,29). The molecule has 0 saturated carbocycles. The molecule has 6 aromatic heterocycles. The van der Waals surface area contributed by atoms with Crippen molar-refractivity contribution in [3.05, 3.63) is 176 Å². The Labute approximate surface area is 588 Å². The minimum atomic E-state index is 0.526. The van der Waals surface area contributed by atoms with Gasteiger partial charge in [0.1, 0.15) is 0 Å². The number of benzene rings is 3. The Bertz CT molecular complexity index is 4390. The maximum Gasteiger partial charge on any atom is 0.227 e. The van der Waals surface area contributed by atoms with Crippen LogP contribution in [0.5, 0.6) is 0 Å². The van der Waals surface area contributed by atoms with Crippen LogP contribution < -0.4 is 31.9 Å². The number of anilines is 9. The van der Waals surface area contributed by atoms with Gasteiger partial charge in [0, 0.05) is 129 Å². The van der Waals surface area contributed by atoms with Crippen LogP contribution in [-0.2, 0) is 36.8 Å². The molecular formula is C73H79Cl2N17OS3. The fraction of sp³-hybridized carbons (Fsp3) is 0.342. The molecule has 5 aliphatic rings. The van der Waals surface area contributed by atoms with E-state index in [1.165, 1.54) is 24.0 Å². The van der Waals surface area contributed by atoms with Crippen molar-refractivity contribution in [1.82, 2.24) is 54.7 Å². The van der Waals surface area contributed by atoms with Gasteiger partial charge in [-0.05, 0) is 209 Å². The second kappa shape index (κ2) is 31.0. The summed E-state index contributed by atoms with van der Waals surface area (Å²) in [5.74, 6) is 2.83. The van der Waals surface area contributed by atoms with E-state index in [4.69, 9.17) is 89.5 Å². The molecule has 2 saturated heterocycles. The number of aryl methyl sites for hydroxylation is 5. The van der Waals surface area contributed by atoms with E-state index in [1.807, 2.05) is 88.0 Å². The molecule has 23 heteroatoms. The van der Waals surface area contributed by atoms with Crippen LogP contribution in [0.3, 0.4) is 0 Å². The first-order chi connectivity index (χ1) is 46.4. The molecule has 6 N–H and O–H groups in total. The zero-order valence-corrected chi connectivity index (χ0v) is 59.1. The number of fused-ring (bicyclic) bond motifs is 9. The summed E-state index contributed by atoms with van der Waals surface area (Å²) in [4.78, 5) is 49.4. The highest BCUT2D eigenvalue weighted by Gasteiger charge is 2.26. The molecule has 9 aromatic rings. The number of nitrogens with zero attached hydrogens (tertiary/aromatic N) is 11. The number of ether oxygens (including phenoxy) is 1. The molecule has 0 bridgehead atoms. The first-order valence-corrected chi connectivity index (χ1v) is 34.8. The number of hydrogen-bond donors (Lipinski definition) is 6. The highest BCUT2D eigenvalue weighted by Crippen LogP contribution is 2.39. The van der Waals surface area contributed by atoms with Gasteiger partial charge in [-0.25, -0.2) is 29.9 Å². The molecule has 0 unspecified atom stereocenters. The van der Waals surface area contributed by atoms with Crippen molar-refractivity contribution in [2.75, 3.05) is 85.4 Å². The molecule has 0 radical (unpaired) electrons. The van der Waals surface area contributed by atoms with E-state index in [1.54, 1.807) is 0 Å². The molecule has 18 nitrogen and oxygen atoms in total. The van der Waals surface area contributed by atoms with Crippen molar-refractivity contribution in [1.29, 1.82) is 0 Å². The second-order valence-corrected chi connectivity index (χ2v) is 27.7. The van der Waals surface area contributed by atoms with E-state index in [0.29, 0.717) is 59.0 Å². The Morgan fingerprint density at radius 1 is 0.542 bits per heavy atom. The van der Waals surface area contributed by atoms with Crippen molar-refractivity contribution in [2.45, 2.75) is 105 Å². The molecule has 0 amide bonds. The normalized spacial score (nSPS) is 15.1. The lowest BCUT2D eigenvalue weighted by Gasteiger charge is -2.31. The molecule has 494 valence electrons. The van der Waals surface area contributed by atoms with Crippen LogP contribution in [0.2, 0.25) is 10.0 Å². The van der Waals surface area contributed by atoms with Gasteiger partial charge in [-0.1, -0.05) is 78.9 Å². The third-order valence-electron chi connectivity index (χ3n) is 17.9. The lowest BCUT2D eigenvalue weighted by Crippen LogP contribution is -2.32. The molecule has 11 heterocycles. The van der Waals surface area contributed by atoms with Crippen LogP contribution in [0.4, 0.5) is 52.0 Å². The Hall–Kier alpha value is -8.12. The van der Waals surface area contributed by atoms with Gasteiger partial charge in [0.25, 0.3) is 0 Å². The minimum absolute atomic E-state index is 0.526. The summed E-state index contributed by atoms with van der Waals surface area (Å²) in [5, 5.41) is 21.3. The zero-order valence-electron chi connectivity index (χ0n) is 55.2. The van der Waals surface area contributed by atoms with Gasteiger partial charge in [0.15, 0.2) is 0 Å². The Morgan fingerprint density at radius 3 is 1.52 bits per heavy atom. The van der Waals surface area contributed by atoms with Crippen LogP contribution >= 0.6 is 59.9 Å². The van der Waals surface area contributed by atoms with Gasteiger partial charge in [-0.15, -0.1) is 0 Å². The van der Waals surface area contributed by atoms with Gasteiger partial charge >= 0.3 is 0 Å². The largest absolute Gasteiger partial charge is 0.381 e. The zero-order chi connectivity index (χ0) is 67.0. The van der Waals surface area contributed by atoms with E-state index in [0.717, 1.165) is 200 Å². The predicted molar refractivity (Wildman–Crippen MR) is 402 cm³/mol. The first kappa shape index (κ1) is 67.8. The summed E-state index contributed by atoms with van der Waals surface area (Å²) in [5.41, 5.74) is 21.6. The van der Waals surface area contributed by atoms with Gasteiger partial charge in [-0.2, -0.15) is 0 Å². The molecule has 0 aliphatic carbocycles. The summed E-state index contributed by atoms with van der Waals surface area (Å²) in [7, 11) is 4.17. The van der Waals surface area contributed by atoms with Crippen molar-refractivity contribution in [3.63, 3.8) is 0 Å². The van der Waals surface area contributed by atoms with Crippen LogP contribution in [-0.4, -0.2) is 123 Å². The monoisotopic (exact) mass is 1380 g/mol. The number of likely N-dealkylation sites (tertiary alicyclic amines) is 1. The van der Waals surface area contributed by atoms with E-state index >= 15 is 0 Å². The summed E-state index contributed by atoms with van der Waals surface area (Å²) < 4.78 is 5.47. The molecule has 5 aliphatic heterocycles. The molecular weight excluding hydrogens is 1300 g/mol. The van der Waals surface area contributed by atoms with Gasteiger partial charge in [-0.3, -0.25) is 15.0 Å². The average Bonchev–Trinajstić information content (AvgIpc) is 1.58. The number of thiocarbonyl (C=S) groups is 3. The molecule has 2 fully saturated rings. The molecule has 14 rings (SSSR count). The fourth-order valence-electron chi connectivity index (χ4n) is 12.6. The van der Waals surface area contributed by atoms with Crippen LogP contribution in [0.1, 0.15) is 101 Å². The number of aromatic nitrogens is 9. The Balaban J connectivity index is 0.000000138. The summed E-state index contributed by atoms with van der Waals surface area (Å²) in [6.07, 6.45) is 17.0. The van der Waals surface area contributed by atoms with E-state index in [2.05, 4.69) is 132 Å². The smallest absolute Gasteiger partial charge is 0.227 e. The van der Waals surface area contributed by atoms with E-state index < -0.39 is 0 Å². The van der Waals surface area contributed by atoms with Crippen molar-refractivity contribution in [2.24, 2.45) is 5.92 Å². The first-order valence-electron chi connectivity index (χ1n) is 32.8. The predicted octanol–water partition coefficient (Wildman–Crippen LogP) is 15.9. The summed E-state index contributed by atoms with van der Waals surface area (Å²) >= 11 is 28.9. The highest BCUT2D eigenvalue weighted by molar-refractivity contribution is 7.81. The number of piperidine rings is 1. The van der Waals surface area contributed by atoms with Crippen LogP contribution in [0, 0.1) is 33.6 Å². The topological polar surface area (TPSA) is 204 Å². The summed E-state index contributed by atoms with van der Waals surface area (Å²) in [6, 6.07) is 28.2. The van der Waals surface area contributed by atoms with Crippen LogP contribution in [0.15, 0.2) is 110 Å². The van der Waals surface area contributed by atoms with E-state index in [-0.39, 0.29) is 0 Å². The molecule has 96 heavy (non-hydrogen) atoms. The van der Waals surface area contributed by atoms with Crippen molar-refractivity contribution >= 4 is 127 Å². The quantitative estimate of drug-likeness (QED) is 0.0560. The lowest BCUT2D eigenvalue weighted by molar-refractivity contribution is 0.0662. The maximum atomic E-state index is 6.22. The van der Waals surface area contributed by atoms with Gasteiger partial charge in [0.05, 0.1) is 66.2 Å². The third kappa shape index (κ3) is 17.0. The van der Waals surface area contributed by atoms with Crippen molar-refractivity contribution in [3.8, 4) is 33.8 Å². The molecule has 0 spiro atoms. The van der Waals surface area contributed by atoms with Gasteiger partial charge in [0.2, 0.25) is 17.8 Å². The summed E-state index contributed by atoms with van der Waals surface area (Å²) in [6.45, 7) is 16.5. The molecule has 0 atom stereocenters. The third-order valence-corrected chi connectivity index (χ3v) is 19.1. The van der Waals surface area contributed by atoms with Crippen LogP contribution in [0.25, 0.3) is 33.8 Å². The highest BCUT2D eigenvalue weighted by atomic mass is 35.5. The SMILES string of the molecule is CCN1CCC(c2cnc(C)c(Nc3ncc4c(n3)-c3ccc(Cl)cc3NC(=S)C4)c2)CC1.Cc1ccc2c(c1)NC(=S)Cc1cnc(Nc3ccc(CC4CCOCC4)nc3C)nc1-2.Cc1nc(CCCN(C)C)ccc1Nc1ncc2c(n1)-c1ccc(Cl)cc1NC(=S)C2. The van der Waals surface area contributed by atoms with Gasteiger partial charge < -0.3 is 46.4 Å². The average molecular weight is 1380 g/mol. The number of nitrogens with one attached hydrogen (secondary N) is 6. The van der Waals surface area contributed by atoms with Crippen molar-refractivity contribution < 1.29 is 4.74 Å². The number of pyridine rings is 3. The van der Waals surface area contributed by atoms with E-state index in [9.17, 15) is 0 Å². The Morgan fingerprint density at radius 2 is 1.02 bits per heavy atom. The minimum Gasteiger partial charge on any atom is -0.381 e. The number of halogens is 2. The Kier molecular flexibility index (Phi) is 21.9. The fourth-order valence-corrected chi connectivity index (χ4v) is 13.8. The molecule has 3 aromatic carbocycles. The second-order valence-electron chi connectivity index (χ2n) is 25.3.